The zero-order chi connectivity index (χ0) is 12.5. The van der Waals surface area contributed by atoms with Crippen LogP contribution < -0.4 is 10.6 Å². The highest BCUT2D eigenvalue weighted by molar-refractivity contribution is 5.82. The summed E-state index contributed by atoms with van der Waals surface area (Å²) in [5.41, 5.74) is 3.32. The zero-order valence-corrected chi connectivity index (χ0v) is 10.6. The van der Waals surface area contributed by atoms with E-state index in [-0.39, 0.29) is 0 Å². The number of hydrogen-bond donors (Lipinski definition) is 3. The summed E-state index contributed by atoms with van der Waals surface area (Å²) in [7, 11) is 0. The Hall–Kier alpha value is -2.04. The first-order chi connectivity index (χ1) is 8.72. The van der Waals surface area contributed by atoms with Crippen LogP contribution in [0.25, 0.3) is 11.0 Å². The third kappa shape index (κ3) is 2.03. The molecule has 0 radical (unpaired) electrons. The lowest BCUT2D eigenvalue weighted by Crippen LogP contribution is -2.37. The van der Waals surface area contributed by atoms with E-state index in [0.29, 0.717) is 12.6 Å². The Morgan fingerprint density at radius 3 is 3.06 bits per heavy atom. The predicted molar refractivity (Wildman–Crippen MR) is 72.6 cm³/mol. The lowest BCUT2D eigenvalue weighted by atomic mass is 10.2. The molecule has 0 amide bonds. The number of nitrogens with one attached hydrogen (secondary N) is 3. The van der Waals surface area contributed by atoms with Gasteiger partial charge in [-0.1, -0.05) is 12.1 Å². The number of nitrogens with zero attached hydrogens (tertiary/aromatic N) is 2. The van der Waals surface area contributed by atoms with E-state index < -0.39 is 0 Å². The van der Waals surface area contributed by atoms with Gasteiger partial charge in [0.25, 0.3) is 0 Å². The highest BCUT2D eigenvalue weighted by Crippen LogP contribution is 2.15. The third-order valence-electron chi connectivity index (χ3n) is 3.09. The number of H-pyrrole nitrogens is 1. The molecule has 5 nitrogen and oxygen atoms in total. The van der Waals surface area contributed by atoms with Crippen molar-refractivity contribution in [3.63, 3.8) is 0 Å². The number of guanidine groups is 1. The molecule has 3 N–H and O–H groups in total. The molecule has 1 unspecified atom stereocenters. The molecule has 0 fully saturated rings. The van der Waals surface area contributed by atoms with Crippen LogP contribution in [-0.4, -0.2) is 28.5 Å². The first-order valence-electron chi connectivity index (χ1n) is 6.21. The molecule has 94 valence electrons. The lowest BCUT2D eigenvalue weighted by molar-refractivity contribution is 0.710. The summed E-state index contributed by atoms with van der Waals surface area (Å²) in [6.45, 7) is 5.68. The molecule has 0 saturated carbocycles. The number of aromatic nitrogens is 2. The van der Waals surface area contributed by atoms with E-state index in [1.54, 1.807) is 0 Å². The van der Waals surface area contributed by atoms with E-state index in [9.17, 15) is 0 Å². The number of aliphatic imine (C=N–C) groups is 1. The molecule has 0 spiro atoms. The number of benzene rings is 1. The molecule has 0 saturated heterocycles. The van der Waals surface area contributed by atoms with Crippen molar-refractivity contribution in [2.75, 3.05) is 6.54 Å². The van der Waals surface area contributed by atoms with Crippen LogP contribution in [0, 0.1) is 6.92 Å². The van der Waals surface area contributed by atoms with E-state index in [0.717, 1.165) is 29.4 Å². The summed E-state index contributed by atoms with van der Waals surface area (Å²) < 4.78 is 0. The summed E-state index contributed by atoms with van der Waals surface area (Å²) in [5, 5.41) is 6.52. The molecule has 1 atom stereocenters. The van der Waals surface area contributed by atoms with Crippen molar-refractivity contribution in [3.8, 4) is 0 Å². The molecule has 1 aromatic carbocycles. The average molecular weight is 243 g/mol. The normalized spacial score (nSPS) is 18.8. The van der Waals surface area contributed by atoms with Crippen molar-refractivity contribution >= 4 is 17.0 Å². The quantitative estimate of drug-likeness (QED) is 0.745. The van der Waals surface area contributed by atoms with Gasteiger partial charge in [-0.3, -0.25) is 4.99 Å². The first kappa shape index (κ1) is 11.1. The second-order valence-electron chi connectivity index (χ2n) is 4.74. The molecule has 1 aliphatic rings. The molecule has 0 bridgehead atoms. The molecule has 18 heavy (non-hydrogen) atoms. The number of para-hydroxylation sites is 1. The van der Waals surface area contributed by atoms with Gasteiger partial charge in [0.15, 0.2) is 5.96 Å². The van der Waals surface area contributed by atoms with Gasteiger partial charge < -0.3 is 15.6 Å². The molecule has 3 rings (SSSR count). The second kappa shape index (κ2) is 4.33. The fourth-order valence-corrected chi connectivity index (χ4v) is 2.14. The fourth-order valence-electron chi connectivity index (χ4n) is 2.14. The summed E-state index contributed by atoms with van der Waals surface area (Å²) in [6, 6.07) is 6.58. The molecule has 5 heteroatoms. The van der Waals surface area contributed by atoms with Gasteiger partial charge in [-0.2, -0.15) is 0 Å². The lowest BCUT2D eigenvalue weighted by Gasteiger charge is -2.06. The van der Waals surface area contributed by atoms with Crippen molar-refractivity contribution in [2.45, 2.75) is 26.4 Å². The largest absolute Gasteiger partial charge is 0.352 e. The summed E-state index contributed by atoms with van der Waals surface area (Å²) in [4.78, 5) is 12.3. The third-order valence-corrected chi connectivity index (χ3v) is 3.09. The van der Waals surface area contributed by atoms with Crippen LogP contribution in [0.15, 0.2) is 23.2 Å². The Kier molecular flexibility index (Phi) is 2.66. The van der Waals surface area contributed by atoms with Crippen molar-refractivity contribution in [3.05, 3.63) is 29.6 Å². The molecule has 1 aromatic heterocycles. The van der Waals surface area contributed by atoms with Crippen LogP contribution in [0.5, 0.6) is 0 Å². The number of hydrogen-bond acceptors (Lipinski definition) is 4. The summed E-state index contributed by atoms with van der Waals surface area (Å²) >= 11 is 0. The van der Waals surface area contributed by atoms with Crippen molar-refractivity contribution in [2.24, 2.45) is 4.99 Å². The van der Waals surface area contributed by atoms with Crippen LogP contribution in [0.2, 0.25) is 0 Å². The zero-order valence-electron chi connectivity index (χ0n) is 10.6. The molecular formula is C13H17N5. The molecule has 1 aliphatic heterocycles. The van der Waals surface area contributed by atoms with Crippen LogP contribution in [0.3, 0.4) is 0 Å². The number of fused-ring (bicyclic) bond motifs is 1. The Labute approximate surface area is 106 Å². The van der Waals surface area contributed by atoms with E-state index in [1.165, 1.54) is 5.56 Å². The standard InChI is InChI=1S/C13H17N5/c1-8-4-3-5-10-12(8)18-11(17-10)7-15-13-14-6-9(2)16-13/h3-5,9H,6-7H2,1-2H3,(H,17,18)(H2,14,15,16). The van der Waals surface area contributed by atoms with E-state index in [4.69, 9.17) is 0 Å². The van der Waals surface area contributed by atoms with E-state index in [2.05, 4.69) is 45.5 Å². The maximum atomic E-state index is 4.59. The monoisotopic (exact) mass is 243 g/mol. The minimum atomic E-state index is 0.422. The van der Waals surface area contributed by atoms with Gasteiger partial charge in [-0.15, -0.1) is 0 Å². The smallest absolute Gasteiger partial charge is 0.191 e. The van der Waals surface area contributed by atoms with E-state index in [1.807, 2.05) is 12.1 Å². The van der Waals surface area contributed by atoms with E-state index >= 15 is 0 Å². The van der Waals surface area contributed by atoms with Gasteiger partial charge in [-0.25, -0.2) is 4.98 Å². The van der Waals surface area contributed by atoms with Crippen LogP contribution in [0.4, 0.5) is 0 Å². The number of imidazole rings is 1. The Bertz CT molecular complexity index is 598. The van der Waals surface area contributed by atoms with Crippen LogP contribution >= 0.6 is 0 Å². The van der Waals surface area contributed by atoms with Gasteiger partial charge in [-0.05, 0) is 25.5 Å². The minimum absolute atomic E-state index is 0.422. The highest BCUT2D eigenvalue weighted by Gasteiger charge is 2.12. The van der Waals surface area contributed by atoms with Crippen LogP contribution in [-0.2, 0) is 6.54 Å². The van der Waals surface area contributed by atoms with Gasteiger partial charge in [0.05, 0.1) is 24.1 Å². The SMILES string of the molecule is Cc1cccc2[nH]c(CNC3=NCC(C)N3)nc12. The van der Waals surface area contributed by atoms with Crippen molar-refractivity contribution in [1.82, 2.24) is 20.6 Å². The van der Waals surface area contributed by atoms with Gasteiger partial charge in [0, 0.05) is 6.04 Å². The fraction of sp³-hybridized carbons (Fsp3) is 0.385. The Morgan fingerprint density at radius 1 is 1.44 bits per heavy atom. The maximum absolute atomic E-state index is 4.59. The molecule has 2 aromatic rings. The summed E-state index contributed by atoms with van der Waals surface area (Å²) in [6.07, 6.45) is 0. The minimum Gasteiger partial charge on any atom is -0.352 e. The average Bonchev–Trinajstić information content (AvgIpc) is 2.93. The topological polar surface area (TPSA) is 65.1 Å². The van der Waals surface area contributed by atoms with Crippen LogP contribution in [0.1, 0.15) is 18.3 Å². The Morgan fingerprint density at radius 2 is 2.33 bits per heavy atom. The number of aryl methyl sites for hydroxylation is 1. The van der Waals surface area contributed by atoms with Crippen molar-refractivity contribution in [1.29, 1.82) is 0 Å². The van der Waals surface area contributed by atoms with Gasteiger partial charge in [0.1, 0.15) is 5.82 Å². The predicted octanol–water partition coefficient (Wildman–Crippen LogP) is 1.31. The van der Waals surface area contributed by atoms with Crippen molar-refractivity contribution < 1.29 is 0 Å². The number of rotatable bonds is 2. The van der Waals surface area contributed by atoms with Gasteiger partial charge >= 0.3 is 0 Å². The summed E-state index contributed by atoms with van der Waals surface area (Å²) in [5.74, 6) is 1.79. The second-order valence-corrected chi connectivity index (χ2v) is 4.74. The maximum Gasteiger partial charge on any atom is 0.191 e. The first-order valence-corrected chi connectivity index (χ1v) is 6.21. The van der Waals surface area contributed by atoms with Gasteiger partial charge in [0.2, 0.25) is 0 Å². The Balaban J connectivity index is 1.73. The molecule has 0 aliphatic carbocycles. The molecular weight excluding hydrogens is 226 g/mol. The highest BCUT2D eigenvalue weighted by atomic mass is 15.2. The number of aromatic amines is 1. The molecule has 2 heterocycles.